The maximum Gasteiger partial charge on any atom is 0.387 e. The first kappa shape index (κ1) is 16.9. The van der Waals surface area contributed by atoms with Gasteiger partial charge in [0.25, 0.3) is 5.91 Å². The van der Waals surface area contributed by atoms with Gasteiger partial charge < -0.3 is 15.2 Å². The molecule has 1 amide bonds. The van der Waals surface area contributed by atoms with E-state index in [1.807, 2.05) is 6.92 Å². The van der Waals surface area contributed by atoms with Gasteiger partial charge >= 0.3 is 12.6 Å². The number of alkyl halides is 2. The number of carbonyl (C=O) groups excluding carboxylic acids is 1. The second-order valence-electron chi connectivity index (χ2n) is 4.43. The number of carboxylic acid groups (broad SMARTS) is 1. The number of hydrogen-bond donors (Lipinski definition) is 2. The van der Waals surface area contributed by atoms with Crippen molar-refractivity contribution in [2.24, 2.45) is 0 Å². The Kier molecular flexibility index (Phi) is 6.58. The van der Waals surface area contributed by atoms with E-state index >= 15 is 0 Å². The topological polar surface area (TPSA) is 75.6 Å². The summed E-state index contributed by atoms with van der Waals surface area (Å²) in [6, 6.07) is 5.03. The highest BCUT2D eigenvalue weighted by Gasteiger charge is 2.19. The van der Waals surface area contributed by atoms with E-state index < -0.39 is 24.5 Å². The zero-order valence-electron chi connectivity index (χ0n) is 11.5. The third-order valence-electron chi connectivity index (χ3n) is 2.74. The van der Waals surface area contributed by atoms with Crippen molar-refractivity contribution in [3.05, 3.63) is 29.8 Å². The molecule has 0 saturated carbocycles. The zero-order chi connectivity index (χ0) is 15.8. The SMILES string of the molecule is CCCC(CC(=O)O)NC(=O)c1ccccc1OC(F)F. The molecule has 0 aliphatic carbocycles. The van der Waals surface area contributed by atoms with E-state index in [-0.39, 0.29) is 17.7 Å². The van der Waals surface area contributed by atoms with Crippen molar-refractivity contribution < 1.29 is 28.2 Å². The van der Waals surface area contributed by atoms with Crippen molar-refractivity contribution >= 4 is 11.9 Å². The van der Waals surface area contributed by atoms with Gasteiger partial charge in [0.2, 0.25) is 0 Å². The van der Waals surface area contributed by atoms with Crippen LogP contribution in [0.25, 0.3) is 0 Å². The number of ether oxygens (including phenoxy) is 1. The molecule has 0 aliphatic heterocycles. The van der Waals surface area contributed by atoms with Crippen LogP contribution < -0.4 is 10.1 Å². The fourth-order valence-electron chi connectivity index (χ4n) is 1.90. The number of para-hydroxylation sites is 1. The van der Waals surface area contributed by atoms with Crippen LogP contribution in [-0.4, -0.2) is 29.6 Å². The molecule has 21 heavy (non-hydrogen) atoms. The number of amides is 1. The Balaban J connectivity index is 2.84. The lowest BCUT2D eigenvalue weighted by Crippen LogP contribution is -2.36. The molecule has 116 valence electrons. The van der Waals surface area contributed by atoms with E-state index in [9.17, 15) is 18.4 Å². The highest BCUT2D eigenvalue weighted by atomic mass is 19.3. The normalized spacial score (nSPS) is 12.0. The first-order valence-corrected chi connectivity index (χ1v) is 6.50. The Morgan fingerprint density at radius 2 is 2.00 bits per heavy atom. The molecule has 2 N–H and O–H groups in total. The summed E-state index contributed by atoms with van der Waals surface area (Å²) in [5.41, 5.74) is -0.0516. The minimum absolute atomic E-state index is 0.0516. The Labute approximate surface area is 120 Å². The fraction of sp³-hybridized carbons (Fsp3) is 0.429. The summed E-state index contributed by atoms with van der Waals surface area (Å²) >= 11 is 0. The number of carboxylic acids is 1. The third-order valence-corrected chi connectivity index (χ3v) is 2.74. The smallest absolute Gasteiger partial charge is 0.387 e. The quantitative estimate of drug-likeness (QED) is 0.774. The molecule has 1 unspecified atom stereocenters. The summed E-state index contributed by atoms with van der Waals surface area (Å²) in [5.74, 6) is -1.91. The number of nitrogens with one attached hydrogen (secondary N) is 1. The van der Waals surface area contributed by atoms with Gasteiger partial charge in [-0.1, -0.05) is 25.5 Å². The van der Waals surface area contributed by atoms with Gasteiger partial charge in [-0.05, 0) is 18.6 Å². The van der Waals surface area contributed by atoms with Gasteiger partial charge in [-0.25, -0.2) is 0 Å². The molecule has 0 radical (unpaired) electrons. The van der Waals surface area contributed by atoms with Crippen molar-refractivity contribution in [2.75, 3.05) is 0 Å². The number of halogens is 2. The van der Waals surface area contributed by atoms with Gasteiger partial charge in [0, 0.05) is 6.04 Å². The minimum atomic E-state index is -3.04. The second-order valence-corrected chi connectivity index (χ2v) is 4.43. The third kappa shape index (κ3) is 5.76. The summed E-state index contributed by atoms with van der Waals surface area (Å²) in [6.45, 7) is -1.18. The highest BCUT2D eigenvalue weighted by Crippen LogP contribution is 2.20. The Morgan fingerprint density at radius 1 is 1.33 bits per heavy atom. The van der Waals surface area contributed by atoms with Gasteiger partial charge in [0.15, 0.2) is 0 Å². The maximum absolute atomic E-state index is 12.3. The van der Waals surface area contributed by atoms with Crippen LogP contribution in [0.3, 0.4) is 0 Å². The molecule has 0 heterocycles. The zero-order valence-corrected chi connectivity index (χ0v) is 11.5. The molecule has 1 rings (SSSR count). The Morgan fingerprint density at radius 3 is 2.57 bits per heavy atom. The van der Waals surface area contributed by atoms with E-state index in [1.54, 1.807) is 0 Å². The van der Waals surface area contributed by atoms with Crippen LogP contribution in [-0.2, 0) is 4.79 Å². The fourth-order valence-corrected chi connectivity index (χ4v) is 1.90. The monoisotopic (exact) mass is 301 g/mol. The number of rotatable bonds is 8. The average molecular weight is 301 g/mol. The molecule has 1 aromatic rings. The summed E-state index contributed by atoms with van der Waals surface area (Å²) in [4.78, 5) is 22.8. The lowest BCUT2D eigenvalue weighted by molar-refractivity contribution is -0.137. The minimum Gasteiger partial charge on any atom is -0.481 e. The Hall–Kier alpha value is -2.18. The van der Waals surface area contributed by atoms with Crippen LogP contribution in [0.15, 0.2) is 24.3 Å². The predicted octanol–water partition coefficient (Wildman–Crippen LogP) is 2.66. The van der Waals surface area contributed by atoms with Gasteiger partial charge in [-0.2, -0.15) is 8.78 Å². The molecule has 0 bridgehead atoms. The molecule has 1 atom stereocenters. The number of benzene rings is 1. The number of hydrogen-bond acceptors (Lipinski definition) is 3. The maximum atomic E-state index is 12.3. The molecule has 0 aliphatic rings. The average Bonchev–Trinajstić information content (AvgIpc) is 2.38. The van der Waals surface area contributed by atoms with Crippen LogP contribution in [0.5, 0.6) is 5.75 Å². The summed E-state index contributed by atoms with van der Waals surface area (Å²) in [7, 11) is 0. The number of carbonyl (C=O) groups is 2. The largest absolute Gasteiger partial charge is 0.481 e. The van der Waals surface area contributed by atoms with Gasteiger partial charge in [-0.3, -0.25) is 9.59 Å². The van der Waals surface area contributed by atoms with Crippen LogP contribution >= 0.6 is 0 Å². The molecule has 0 saturated heterocycles. The van der Waals surface area contributed by atoms with Crippen molar-refractivity contribution in [2.45, 2.75) is 38.8 Å². The molecular formula is C14H17F2NO4. The van der Waals surface area contributed by atoms with Crippen molar-refractivity contribution in [3.63, 3.8) is 0 Å². The van der Waals surface area contributed by atoms with Gasteiger partial charge in [-0.15, -0.1) is 0 Å². The first-order chi connectivity index (χ1) is 9.93. The van der Waals surface area contributed by atoms with Crippen molar-refractivity contribution in [1.82, 2.24) is 5.32 Å². The summed E-state index contributed by atoms with van der Waals surface area (Å²) < 4.78 is 28.9. The van der Waals surface area contributed by atoms with Crippen LogP contribution in [0, 0.1) is 0 Å². The van der Waals surface area contributed by atoms with E-state index in [1.165, 1.54) is 24.3 Å². The van der Waals surface area contributed by atoms with Crippen LogP contribution in [0.2, 0.25) is 0 Å². The summed E-state index contributed by atoms with van der Waals surface area (Å²) in [5, 5.41) is 11.3. The van der Waals surface area contributed by atoms with E-state index in [4.69, 9.17) is 5.11 Å². The predicted molar refractivity (Wildman–Crippen MR) is 71.5 cm³/mol. The lowest BCUT2D eigenvalue weighted by Gasteiger charge is -2.17. The molecule has 1 aromatic carbocycles. The van der Waals surface area contributed by atoms with Crippen LogP contribution in [0.4, 0.5) is 8.78 Å². The summed E-state index contributed by atoms with van der Waals surface area (Å²) in [6.07, 6.45) is 0.945. The van der Waals surface area contributed by atoms with Gasteiger partial charge in [0.05, 0.1) is 12.0 Å². The molecule has 7 heteroatoms. The van der Waals surface area contributed by atoms with E-state index in [0.29, 0.717) is 12.8 Å². The van der Waals surface area contributed by atoms with Gasteiger partial charge in [0.1, 0.15) is 5.75 Å². The molecular weight excluding hydrogens is 284 g/mol. The highest BCUT2D eigenvalue weighted by molar-refractivity contribution is 5.97. The van der Waals surface area contributed by atoms with Crippen LogP contribution in [0.1, 0.15) is 36.5 Å². The van der Waals surface area contributed by atoms with E-state index in [2.05, 4.69) is 10.1 Å². The molecule has 0 aromatic heterocycles. The van der Waals surface area contributed by atoms with E-state index in [0.717, 1.165) is 0 Å². The lowest BCUT2D eigenvalue weighted by atomic mass is 10.1. The first-order valence-electron chi connectivity index (χ1n) is 6.50. The van der Waals surface area contributed by atoms with Crippen molar-refractivity contribution in [1.29, 1.82) is 0 Å². The second kappa shape index (κ2) is 8.18. The molecule has 0 fully saturated rings. The standard InChI is InChI=1S/C14H17F2NO4/c1-2-5-9(8-12(18)19)17-13(20)10-6-3-4-7-11(10)21-14(15)16/h3-4,6-7,9,14H,2,5,8H2,1H3,(H,17,20)(H,18,19). The van der Waals surface area contributed by atoms with Crippen molar-refractivity contribution in [3.8, 4) is 5.75 Å². The number of aliphatic carboxylic acids is 1. The molecule has 5 nitrogen and oxygen atoms in total. The molecule has 0 spiro atoms. The Bertz CT molecular complexity index is 494.